The van der Waals surface area contributed by atoms with Crippen molar-refractivity contribution in [3.63, 3.8) is 0 Å². The Bertz CT molecular complexity index is 499. The van der Waals surface area contributed by atoms with Gasteiger partial charge >= 0.3 is 113 Å². The van der Waals surface area contributed by atoms with Crippen molar-refractivity contribution in [2.75, 3.05) is 39.5 Å². The second kappa shape index (κ2) is 3.77. The molecular formula is C14H19NO3Si. The molecule has 1 aromatic carbocycles. The minimum absolute atomic E-state index is 0.757. The fourth-order valence-corrected chi connectivity index (χ4v) is 8.83. The summed E-state index contributed by atoms with van der Waals surface area (Å²) in [5.74, 6) is 0. The molecule has 102 valence electrons. The molecule has 4 nitrogen and oxygen atoms in total. The Morgan fingerprint density at radius 3 is 2.05 bits per heavy atom. The van der Waals surface area contributed by atoms with E-state index in [0.29, 0.717) is 0 Å². The van der Waals surface area contributed by atoms with Gasteiger partial charge in [-0.3, -0.25) is 0 Å². The fraction of sp³-hybridized carbons (Fsp3) is 0.429. The Labute approximate surface area is 113 Å². The summed E-state index contributed by atoms with van der Waals surface area (Å²) < 4.78 is 19.5. The van der Waals surface area contributed by atoms with Crippen LogP contribution in [0.1, 0.15) is 5.56 Å². The Morgan fingerprint density at radius 2 is 1.47 bits per heavy atom. The second-order valence-electron chi connectivity index (χ2n) is 5.61. The first-order chi connectivity index (χ1) is 9.27. The molecule has 3 aliphatic heterocycles. The first-order valence-electron chi connectivity index (χ1n) is 6.97. The van der Waals surface area contributed by atoms with Crippen molar-refractivity contribution in [2.24, 2.45) is 0 Å². The van der Waals surface area contributed by atoms with Gasteiger partial charge in [0.1, 0.15) is 0 Å². The second-order valence-corrected chi connectivity index (χ2v) is 9.77. The van der Waals surface area contributed by atoms with Crippen molar-refractivity contribution in [3.8, 4) is 0 Å². The normalized spacial score (nSPS) is 36.7. The molecular weight excluding hydrogens is 258 g/mol. The molecule has 0 amide bonds. The van der Waals surface area contributed by atoms with Crippen LogP contribution in [0.2, 0.25) is 0 Å². The summed E-state index contributed by atoms with van der Waals surface area (Å²) in [4.78, 5) is 0. The Morgan fingerprint density at radius 1 is 0.895 bits per heavy atom. The summed E-state index contributed by atoms with van der Waals surface area (Å²) in [7, 11) is -3.33. The molecule has 3 heterocycles. The van der Waals surface area contributed by atoms with E-state index in [4.69, 9.17) is 13.3 Å². The molecule has 5 heteroatoms. The zero-order valence-electron chi connectivity index (χ0n) is 11.0. The standard InChI is InChI=1S/C14H19NO3Si/c1-2-4-14(5-3-1)6-13-19-15(7-10-16-19,8-11-17-19)9-12-18-19/h1-6,13H,7-12H2/b13-6+. The molecule has 0 saturated carbocycles. The van der Waals surface area contributed by atoms with Crippen molar-refractivity contribution < 1.29 is 17.4 Å². The first kappa shape index (κ1) is 11.8. The van der Waals surface area contributed by atoms with Crippen molar-refractivity contribution >= 4 is 14.3 Å². The zero-order valence-corrected chi connectivity index (χ0v) is 12.0. The molecule has 0 atom stereocenters. The summed E-state index contributed by atoms with van der Waals surface area (Å²) >= 11 is 0. The molecule has 0 spiro atoms. The van der Waals surface area contributed by atoms with Gasteiger partial charge in [0.2, 0.25) is 0 Å². The van der Waals surface area contributed by atoms with Crippen molar-refractivity contribution in [3.05, 3.63) is 41.6 Å². The summed E-state index contributed by atoms with van der Waals surface area (Å²) in [5.41, 5.74) is 3.31. The predicted molar refractivity (Wildman–Crippen MR) is 73.9 cm³/mol. The van der Waals surface area contributed by atoms with Crippen LogP contribution in [-0.2, 0) is 13.3 Å². The minimum atomic E-state index is -3.33. The molecule has 3 aliphatic rings. The van der Waals surface area contributed by atoms with E-state index in [1.54, 1.807) is 0 Å². The van der Waals surface area contributed by atoms with E-state index in [-0.39, 0.29) is 0 Å². The molecule has 0 radical (unpaired) electrons. The number of hydrogen-bond donors (Lipinski definition) is 0. The third-order valence-corrected chi connectivity index (χ3v) is 10.2. The molecule has 0 aromatic heterocycles. The van der Waals surface area contributed by atoms with Crippen LogP contribution in [0.5, 0.6) is 0 Å². The maximum absolute atomic E-state index is 6.18. The van der Waals surface area contributed by atoms with E-state index in [2.05, 4.69) is 23.9 Å². The molecule has 0 bridgehead atoms. The summed E-state index contributed by atoms with van der Waals surface area (Å²) in [6.45, 7) is 5.37. The van der Waals surface area contributed by atoms with Crippen LogP contribution in [0.25, 0.3) is 6.08 Å². The quantitative estimate of drug-likeness (QED) is 0.768. The average molecular weight is 277 g/mol. The number of benzene rings is 1. The van der Waals surface area contributed by atoms with E-state index in [1.807, 2.05) is 18.2 Å². The van der Waals surface area contributed by atoms with Gasteiger partial charge < -0.3 is 0 Å². The van der Waals surface area contributed by atoms with Gasteiger partial charge in [0.05, 0.1) is 0 Å². The van der Waals surface area contributed by atoms with Crippen LogP contribution in [0, 0.1) is 0 Å². The number of quaternary nitrogens is 1. The summed E-state index contributed by atoms with van der Waals surface area (Å²) in [5, 5.41) is 0. The van der Waals surface area contributed by atoms with Crippen LogP contribution in [0.4, 0.5) is 0 Å². The topological polar surface area (TPSA) is 27.7 Å². The third kappa shape index (κ3) is 1.37. The zero-order chi connectivity index (χ0) is 12.8. The Hall–Kier alpha value is -0.983. The monoisotopic (exact) mass is 277 g/mol. The van der Waals surface area contributed by atoms with Crippen molar-refractivity contribution in [1.29, 1.82) is 0 Å². The fourth-order valence-electron chi connectivity index (χ4n) is 3.80. The van der Waals surface area contributed by atoms with E-state index in [9.17, 15) is 0 Å². The number of rotatable bonds is 2. The molecule has 3 fully saturated rings. The third-order valence-electron chi connectivity index (χ3n) is 4.87. The van der Waals surface area contributed by atoms with E-state index >= 15 is 0 Å². The molecule has 4 rings (SSSR count). The van der Waals surface area contributed by atoms with Crippen molar-refractivity contribution in [1.82, 2.24) is 0 Å². The SMILES string of the molecule is C(=C\[Si-]123OCC[N+]1(CCO2)CCO3)/c1ccccc1. The van der Waals surface area contributed by atoms with E-state index in [1.165, 1.54) is 5.56 Å². The first-order valence-corrected chi connectivity index (χ1v) is 9.22. The van der Waals surface area contributed by atoms with Crippen LogP contribution in [-0.4, -0.2) is 51.8 Å². The van der Waals surface area contributed by atoms with Gasteiger partial charge in [-0.25, -0.2) is 0 Å². The summed E-state index contributed by atoms with van der Waals surface area (Å²) in [6, 6.07) is 10.3. The van der Waals surface area contributed by atoms with Gasteiger partial charge in [-0.2, -0.15) is 0 Å². The van der Waals surface area contributed by atoms with Crippen LogP contribution in [0.15, 0.2) is 36.0 Å². The molecule has 0 N–H and O–H groups in total. The predicted octanol–water partition coefficient (Wildman–Crippen LogP) is 1.54. The van der Waals surface area contributed by atoms with Gasteiger partial charge in [0.25, 0.3) is 0 Å². The molecule has 1 aromatic rings. The number of hydrogen-bond acceptors (Lipinski definition) is 3. The maximum atomic E-state index is 6.18. The van der Waals surface area contributed by atoms with Crippen LogP contribution >= 0.6 is 0 Å². The van der Waals surface area contributed by atoms with E-state index < -0.39 is 8.24 Å². The van der Waals surface area contributed by atoms with Crippen molar-refractivity contribution in [2.45, 2.75) is 0 Å². The number of nitrogens with zero attached hydrogens (tertiary/aromatic N) is 1. The molecule has 19 heavy (non-hydrogen) atoms. The molecule has 0 unspecified atom stereocenters. The van der Waals surface area contributed by atoms with Crippen LogP contribution in [0.3, 0.4) is 0 Å². The van der Waals surface area contributed by atoms with Gasteiger partial charge in [-0.15, -0.1) is 0 Å². The Balaban J connectivity index is 1.77. The average Bonchev–Trinajstić information content (AvgIpc) is 2.97. The van der Waals surface area contributed by atoms with Gasteiger partial charge in [-0.1, -0.05) is 0 Å². The molecule has 3 saturated heterocycles. The molecule has 0 aliphatic carbocycles. The Kier molecular flexibility index (Phi) is 2.35. The van der Waals surface area contributed by atoms with Gasteiger partial charge in [-0.05, 0) is 0 Å². The summed E-state index contributed by atoms with van der Waals surface area (Å²) in [6.07, 6.45) is 2.11. The van der Waals surface area contributed by atoms with Crippen LogP contribution < -0.4 is 0 Å². The van der Waals surface area contributed by atoms with E-state index in [0.717, 1.165) is 43.6 Å². The van der Waals surface area contributed by atoms with Gasteiger partial charge in [0.15, 0.2) is 0 Å². The van der Waals surface area contributed by atoms with Gasteiger partial charge in [0, 0.05) is 0 Å².